The van der Waals surface area contributed by atoms with Gasteiger partial charge in [0.05, 0.1) is 0 Å². The zero-order valence-electron chi connectivity index (χ0n) is 8.79. The molecule has 0 heterocycles. The molecule has 76 valence electrons. The highest BCUT2D eigenvalue weighted by atomic mass is 16.5. The molecule has 2 heteroatoms. The van der Waals surface area contributed by atoms with Crippen molar-refractivity contribution in [1.29, 1.82) is 0 Å². The van der Waals surface area contributed by atoms with Crippen LogP contribution in [0.4, 0.5) is 0 Å². The second-order valence-corrected chi connectivity index (χ2v) is 3.43. The fraction of sp³-hybridized carbons (Fsp3) is 0.333. The van der Waals surface area contributed by atoms with Crippen LogP contribution in [0.25, 0.3) is 0 Å². The Hall–Kier alpha value is -1.28. The molecule has 0 aliphatic carbocycles. The van der Waals surface area contributed by atoms with E-state index in [9.17, 15) is 0 Å². The molecule has 0 bridgehead atoms. The normalized spacial score (nSPS) is 12.2. The Balaban J connectivity index is 2.96. The van der Waals surface area contributed by atoms with E-state index in [0.29, 0.717) is 6.61 Å². The smallest absolute Gasteiger partial charge is 0.124 e. The molecular formula is C12H17NO. The van der Waals surface area contributed by atoms with Crippen molar-refractivity contribution in [2.24, 2.45) is 5.73 Å². The molecule has 2 nitrogen and oxygen atoms in total. The molecule has 14 heavy (non-hydrogen) atoms. The van der Waals surface area contributed by atoms with Crippen LogP contribution in [0.3, 0.4) is 0 Å². The molecule has 0 fully saturated rings. The summed E-state index contributed by atoms with van der Waals surface area (Å²) in [6, 6.07) is 6.05. The van der Waals surface area contributed by atoms with Crippen LogP contribution in [0, 0.1) is 6.92 Å². The van der Waals surface area contributed by atoms with Crippen molar-refractivity contribution in [2.75, 3.05) is 6.61 Å². The van der Waals surface area contributed by atoms with Crippen molar-refractivity contribution in [1.82, 2.24) is 0 Å². The maximum Gasteiger partial charge on any atom is 0.124 e. The third-order valence-electron chi connectivity index (χ3n) is 2.02. The van der Waals surface area contributed by atoms with Crippen molar-refractivity contribution in [3.8, 4) is 5.75 Å². The second-order valence-electron chi connectivity index (χ2n) is 3.43. The highest BCUT2D eigenvalue weighted by Gasteiger charge is 2.07. The van der Waals surface area contributed by atoms with Gasteiger partial charge >= 0.3 is 0 Å². The summed E-state index contributed by atoms with van der Waals surface area (Å²) in [6.07, 6.45) is 1.73. The van der Waals surface area contributed by atoms with Crippen LogP contribution >= 0.6 is 0 Å². The SMILES string of the molecule is C=CCOc1cc(C)ccc1[C@H](C)N. The Labute approximate surface area is 85.4 Å². The lowest BCUT2D eigenvalue weighted by molar-refractivity contribution is 0.357. The van der Waals surface area contributed by atoms with Crippen LogP contribution in [0.2, 0.25) is 0 Å². The van der Waals surface area contributed by atoms with Crippen LogP contribution in [0.5, 0.6) is 5.75 Å². The summed E-state index contributed by atoms with van der Waals surface area (Å²) in [5.41, 5.74) is 8.04. The van der Waals surface area contributed by atoms with Gasteiger partial charge in [-0.2, -0.15) is 0 Å². The predicted molar refractivity (Wildman–Crippen MR) is 59.5 cm³/mol. The Morgan fingerprint density at radius 1 is 1.57 bits per heavy atom. The number of hydrogen-bond donors (Lipinski definition) is 1. The van der Waals surface area contributed by atoms with Gasteiger partial charge in [-0.1, -0.05) is 24.8 Å². The maximum atomic E-state index is 5.83. The number of benzene rings is 1. The minimum atomic E-state index is -0.00425. The number of hydrogen-bond acceptors (Lipinski definition) is 2. The minimum absolute atomic E-state index is 0.00425. The molecule has 0 aliphatic heterocycles. The van der Waals surface area contributed by atoms with E-state index in [1.165, 1.54) is 5.56 Å². The molecular weight excluding hydrogens is 174 g/mol. The van der Waals surface area contributed by atoms with Crippen molar-refractivity contribution >= 4 is 0 Å². The quantitative estimate of drug-likeness (QED) is 0.742. The summed E-state index contributed by atoms with van der Waals surface area (Å²) >= 11 is 0. The van der Waals surface area contributed by atoms with Crippen LogP contribution < -0.4 is 10.5 Å². The summed E-state index contributed by atoms with van der Waals surface area (Å²) in [5.74, 6) is 0.861. The summed E-state index contributed by atoms with van der Waals surface area (Å²) in [4.78, 5) is 0. The van der Waals surface area contributed by atoms with Gasteiger partial charge in [0, 0.05) is 11.6 Å². The minimum Gasteiger partial charge on any atom is -0.489 e. The first-order chi connectivity index (χ1) is 6.65. The molecule has 0 saturated carbocycles. The summed E-state index contributed by atoms with van der Waals surface area (Å²) in [5, 5.41) is 0. The van der Waals surface area contributed by atoms with E-state index in [-0.39, 0.29) is 6.04 Å². The summed E-state index contributed by atoms with van der Waals surface area (Å²) in [6.45, 7) is 8.12. The molecule has 0 saturated heterocycles. The van der Waals surface area contributed by atoms with Gasteiger partial charge in [-0.3, -0.25) is 0 Å². The van der Waals surface area contributed by atoms with E-state index in [2.05, 4.69) is 6.58 Å². The first kappa shape index (κ1) is 10.8. The Morgan fingerprint density at radius 3 is 2.86 bits per heavy atom. The van der Waals surface area contributed by atoms with Crippen LogP contribution in [0.1, 0.15) is 24.1 Å². The van der Waals surface area contributed by atoms with Crippen molar-refractivity contribution in [3.63, 3.8) is 0 Å². The van der Waals surface area contributed by atoms with E-state index in [1.807, 2.05) is 32.0 Å². The average Bonchev–Trinajstić information content (AvgIpc) is 2.14. The molecule has 0 unspecified atom stereocenters. The average molecular weight is 191 g/mol. The largest absolute Gasteiger partial charge is 0.489 e. The maximum absolute atomic E-state index is 5.83. The number of nitrogens with two attached hydrogens (primary N) is 1. The van der Waals surface area contributed by atoms with Crippen molar-refractivity contribution in [2.45, 2.75) is 19.9 Å². The predicted octanol–water partition coefficient (Wildman–Crippen LogP) is 2.58. The van der Waals surface area contributed by atoms with Crippen LogP contribution in [-0.2, 0) is 0 Å². The molecule has 0 radical (unpaired) electrons. The van der Waals surface area contributed by atoms with Crippen molar-refractivity contribution in [3.05, 3.63) is 42.0 Å². The summed E-state index contributed by atoms with van der Waals surface area (Å²) < 4.78 is 5.53. The topological polar surface area (TPSA) is 35.2 Å². The lowest BCUT2D eigenvalue weighted by Crippen LogP contribution is -2.08. The van der Waals surface area contributed by atoms with Gasteiger partial charge in [0.1, 0.15) is 12.4 Å². The molecule has 1 aromatic carbocycles. The van der Waals surface area contributed by atoms with Gasteiger partial charge in [0.2, 0.25) is 0 Å². The zero-order chi connectivity index (χ0) is 10.6. The molecule has 0 spiro atoms. The third-order valence-corrected chi connectivity index (χ3v) is 2.02. The third kappa shape index (κ3) is 2.60. The fourth-order valence-electron chi connectivity index (χ4n) is 1.29. The van der Waals surface area contributed by atoms with Gasteiger partial charge in [-0.05, 0) is 25.5 Å². The zero-order valence-corrected chi connectivity index (χ0v) is 8.79. The molecule has 1 aromatic rings. The molecule has 0 aromatic heterocycles. The standard InChI is InChI=1S/C12H17NO/c1-4-7-14-12-8-9(2)5-6-11(12)10(3)13/h4-6,8,10H,1,7,13H2,2-3H3/t10-/m0/s1. The first-order valence-corrected chi connectivity index (χ1v) is 4.75. The van der Waals surface area contributed by atoms with Crippen molar-refractivity contribution < 1.29 is 4.74 Å². The highest BCUT2D eigenvalue weighted by molar-refractivity contribution is 5.39. The van der Waals surface area contributed by atoms with E-state index in [4.69, 9.17) is 10.5 Å². The number of rotatable bonds is 4. The molecule has 0 amide bonds. The van der Waals surface area contributed by atoms with E-state index >= 15 is 0 Å². The van der Waals surface area contributed by atoms with Crippen LogP contribution in [-0.4, -0.2) is 6.61 Å². The number of aryl methyl sites for hydroxylation is 1. The van der Waals surface area contributed by atoms with E-state index < -0.39 is 0 Å². The first-order valence-electron chi connectivity index (χ1n) is 4.75. The molecule has 1 atom stereocenters. The Morgan fingerprint density at radius 2 is 2.29 bits per heavy atom. The molecule has 2 N–H and O–H groups in total. The van der Waals surface area contributed by atoms with Gasteiger partial charge in [0.15, 0.2) is 0 Å². The second kappa shape index (κ2) is 4.82. The van der Waals surface area contributed by atoms with E-state index in [1.54, 1.807) is 6.08 Å². The molecule has 1 rings (SSSR count). The molecule has 0 aliphatic rings. The monoisotopic (exact) mass is 191 g/mol. The fourth-order valence-corrected chi connectivity index (χ4v) is 1.29. The lowest BCUT2D eigenvalue weighted by atomic mass is 10.1. The van der Waals surface area contributed by atoms with Crippen LogP contribution in [0.15, 0.2) is 30.9 Å². The van der Waals surface area contributed by atoms with Gasteiger partial charge in [-0.25, -0.2) is 0 Å². The highest BCUT2D eigenvalue weighted by Crippen LogP contribution is 2.24. The number of ether oxygens (including phenoxy) is 1. The van der Waals surface area contributed by atoms with E-state index in [0.717, 1.165) is 11.3 Å². The Kier molecular flexibility index (Phi) is 3.72. The lowest BCUT2D eigenvalue weighted by Gasteiger charge is -2.13. The van der Waals surface area contributed by atoms with Gasteiger partial charge < -0.3 is 10.5 Å². The Bertz CT molecular complexity index is 318. The van der Waals surface area contributed by atoms with Gasteiger partial charge in [-0.15, -0.1) is 0 Å². The summed E-state index contributed by atoms with van der Waals surface area (Å²) in [7, 11) is 0. The van der Waals surface area contributed by atoms with Gasteiger partial charge in [0.25, 0.3) is 0 Å².